The smallest absolute Gasteiger partial charge is 0.0549 e. The number of anilines is 1. The summed E-state index contributed by atoms with van der Waals surface area (Å²) in [5.41, 5.74) is 10.5. The SMILES string of the molecule is N/C1=C/c2ccccc2NCc2ccsc21. The van der Waals surface area contributed by atoms with Crippen molar-refractivity contribution in [3.8, 4) is 0 Å². The van der Waals surface area contributed by atoms with Crippen molar-refractivity contribution in [1.29, 1.82) is 0 Å². The van der Waals surface area contributed by atoms with E-state index in [1.54, 1.807) is 11.3 Å². The van der Waals surface area contributed by atoms with Gasteiger partial charge in [-0.25, -0.2) is 0 Å². The third-order valence-corrected chi connectivity index (χ3v) is 3.76. The molecule has 0 amide bonds. The third kappa shape index (κ3) is 1.49. The zero-order valence-corrected chi connectivity index (χ0v) is 9.55. The minimum absolute atomic E-state index is 0.838. The first-order chi connectivity index (χ1) is 7.84. The second kappa shape index (κ2) is 3.68. The molecule has 16 heavy (non-hydrogen) atoms. The lowest BCUT2D eigenvalue weighted by atomic mass is 10.1. The van der Waals surface area contributed by atoms with E-state index in [-0.39, 0.29) is 0 Å². The third-order valence-electron chi connectivity index (χ3n) is 2.75. The summed E-state index contributed by atoms with van der Waals surface area (Å²) in [6.07, 6.45) is 2.04. The molecule has 0 saturated heterocycles. The maximum Gasteiger partial charge on any atom is 0.0549 e. The largest absolute Gasteiger partial charge is 0.398 e. The topological polar surface area (TPSA) is 38.0 Å². The molecular weight excluding hydrogens is 216 g/mol. The molecule has 1 aromatic carbocycles. The van der Waals surface area contributed by atoms with Crippen LogP contribution in [0.15, 0.2) is 35.7 Å². The molecule has 0 spiro atoms. The molecule has 0 atom stereocenters. The van der Waals surface area contributed by atoms with Gasteiger partial charge in [-0.2, -0.15) is 0 Å². The van der Waals surface area contributed by atoms with Crippen molar-refractivity contribution in [3.63, 3.8) is 0 Å². The van der Waals surface area contributed by atoms with Crippen molar-refractivity contribution in [2.24, 2.45) is 5.73 Å². The zero-order chi connectivity index (χ0) is 11.0. The Bertz CT molecular complexity index is 555. The summed E-state index contributed by atoms with van der Waals surface area (Å²) < 4.78 is 0. The van der Waals surface area contributed by atoms with E-state index < -0.39 is 0 Å². The van der Waals surface area contributed by atoms with Gasteiger partial charge < -0.3 is 11.1 Å². The van der Waals surface area contributed by atoms with Gasteiger partial charge in [-0.3, -0.25) is 0 Å². The van der Waals surface area contributed by atoms with Crippen LogP contribution in [0.1, 0.15) is 16.0 Å². The highest BCUT2D eigenvalue weighted by Gasteiger charge is 2.11. The Morgan fingerprint density at radius 1 is 1.19 bits per heavy atom. The molecule has 0 aliphatic carbocycles. The number of hydrogen-bond acceptors (Lipinski definition) is 3. The fourth-order valence-corrected chi connectivity index (χ4v) is 2.79. The molecule has 3 N–H and O–H groups in total. The number of hydrogen-bond donors (Lipinski definition) is 2. The van der Waals surface area contributed by atoms with Gasteiger partial charge in [-0.05, 0) is 34.7 Å². The van der Waals surface area contributed by atoms with E-state index in [1.807, 2.05) is 18.2 Å². The van der Waals surface area contributed by atoms with Gasteiger partial charge in [0.15, 0.2) is 0 Å². The number of nitrogens with one attached hydrogen (secondary N) is 1. The molecule has 1 aromatic heterocycles. The Morgan fingerprint density at radius 3 is 3.00 bits per heavy atom. The Morgan fingerprint density at radius 2 is 2.06 bits per heavy atom. The Balaban J connectivity index is 2.17. The fourth-order valence-electron chi connectivity index (χ4n) is 1.94. The van der Waals surface area contributed by atoms with Gasteiger partial charge in [0.25, 0.3) is 0 Å². The summed E-state index contributed by atoms with van der Waals surface area (Å²) in [5.74, 6) is 0. The Hall–Kier alpha value is -1.74. The molecule has 2 aromatic rings. The summed E-state index contributed by atoms with van der Waals surface area (Å²) in [5, 5.41) is 5.52. The van der Waals surface area contributed by atoms with Gasteiger partial charge in [0.05, 0.1) is 4.88 Å². The molecule has 0 radical (unpaired) electrons. The van der Waals surface area contributed by atoms with Gasteiger partial charge in [0, 0.05) is 17.9 Å². The number of thiophene rings is 1. The molecule has 1 aliphatic heterocycles. The van der Waals surface area contributed by atoms with Crippen LogP contribution in [-0.2, 0) is 6.54 Å². The first-order valence-electron chi connectivity index (χ1n) is 5.21. The summed E-state index contributed by atoms with van der Waals surface area (Å²) >= 11 is 1.70. The van der Waals surface area contributed by atoms with Gasteiger partial charge in [-0.15, -0.1) is 11.3 Å². The molecule has 3 rings (SSSR count). The highest BCUT2D eigenvalue weighted by molar-refractivity contribution is 7.11. The van der Waals surface area contributed by atoms with Crippen LogP contribution in [0.5, 0.6) is 0 Å². The van der Waals surface area contributed by atoms with Crippen molar-refractivity contribution in [2.45, 2.75) is 6.54 Å². The predicted molar refractivity (Wildman–Crippen MR) is 70.1 cm³/mol. The van der Waals surface area contributed by atoms with E-state index in [9.17, 15) is 0 Å². The summed E-state index contributed by atoms with van der Waals surface area (Å²) in [6.45, 7) is 0.838. The predicted octanol–water partition coefficient (Wildman–Crippen LogP) is 3.13. The van der Waals surface area contributed by atoms with Crippen LogP contribution in [0.3, 0.4) is 0 Å². The summed E-state index contributed by atoms with van der Waals surface area (Å²) in [4.78, 5) is 1.18. The normalized spacial score (nSPS) is 17.1. The van der Waals surface area contributed by atoms with Crippen LogP contribution >= 0.6 is 11.3 Å². The van der Waals surface area contributed by atoms with Gasteiger partial charge >= 0.3 is 0 Å². The molecule has 80 valence electrons. The average molecular weight is 228 g/mol. The maximum atomic E-state index is 6.12. The van der Waals surface area contributed by atoms with Crippen LogP contribution in [-0.4, -0.2) is 0 Å². The molecule has 2 heterocycles. The van der Waals surface area contributed by atoms with Gasteiger partial charge in [0.2, 0.25) is 0 Å². The van der Waals surface area contributed by atoms with E-state index in [0.29, 0.717) is 0 Å². The lowest BCUT2D eigenvalue weighted by Crippen LogP contribution is -2.07. The van der Waals surface area contributed by atoms with Crippen molar-refractivity contribution in [1.82, 2.24) is 0 Å². The second-order valence-electron chi connectivity index (χ2n) is 3.82. The van der Waals surface area contributed by atoms with E-state index in [0.717, 1.165) is 23.5 Å². The quantitative estimate of drug-likeness (QED) is 0.727. The first-order valence-corrected chi connectivity index (χ1v) is 6.09. The van der Waals surface area contributed by atoms with Crippen molar-refractivity contribution < 1.29 is 0 Å². The molecule has 0 unspecified atom stereocenters. The maximum absolute atomic E-state index is 6.12. The van der Waals surface area contributed by atoms with Crippen molar-refractivity contribution in [2.75, 3.05) is 5.32 Å². The minimum Gasteiger partial charge on any atom is -0.398 e. The number of benzene rings is 1. The van der Waals surface area contributed by atoms with Crippen molar-refractivity contribution in [3.05, 3.63) is 51.7 Å². The number of nitrogens with two attached hydrogens (primary N) is 1. The minimum atomic E-state index is 0.838. The Labute approximate surface area is 98.4 Å². The lowest BCUT2D eigenvalue weighted by molar-refractivity contribution is 1.15. The first kappa shape index (κ1) is 9.48. The van der Waals surface area contributed by atoms with Crippen LogP contribution in [0.2, 0.25) is 0 Å². The monoisotopic (exact) mass is 228 g/mol. The summed E-state index contributed by atoms with van der Waals surface area (Å²) in [7, 11) is 0. The highest BCUT2D eigenvalue weighted by atomic mass is 32.1. The lowest BCUT2D eigenvalue weighted by Gasteiger charge is -2.14. The Kier molecular flexibility index (Phi) is 2.18. The van der Waals surface area contributed by atoms with Crippen molar-refractivity contribution >= 4 is 28.8 Å². The highest BCUT2D eigenvalue weighted by Crippen LogP contribution is 2.29. The van der Waals surface area contributed by atoms with E-state index in [1.165, 1.54) is 10.4 Å². The summed E-state index contributed by atoms with van der Waals surface area (Å²) in [6, 6.07) is 10.3. The molecule has 1 aliphatic rings. The van der Waals surface area contributed by atoms with E-state index >= 15 is 0 Å². The van der Waals surface area contributed by atoms with Crippen LogP contribution in [0.25, 0.3) is 11.8 Å². The standard InChI is InChI=1S/C13H12N2S/c14-11-7-9-3-1-2-4-12(9)15-8-10-5-6-16-13(10)11/h1-7,15H,8,14H2/b11-7+. The molecule has 0 fully saturated rings. The average Bonchev–Trinajstić information content (AvgIpc) is 2.74. The molecule has 3 heteroatoms. The number of fused-ring (bicyclic) bond motifs is 2. The van der Waals surface area contributed by atoms with E-state index in [4.69, 9.17) is 5.73 Å². The molecule has 0 saturated carbocycles. The second-order valence-corrected chi connectivity index (χ2v) is 4.73. The van der Waals surface area contributed by atoms with Crippen LogP contribution in [0.4, 0.5) is 5.69 Å². The fraction of sp³-hybridized carbons (Fsp3) is 0.0769. The molecular formula is C13H12N2S. The number of rotatable bonds is 0. The number of para-hydroxylation sites is 1. The zero-order valence-electron chi connectivity index (χ0n) is 8.73. The molecule has 2 nitrogen and oxygen atoms in total. The molecule has 0 bridgehead atoms. The van der Waals surface area contributed by atoms with Crippen LogP contribution < -0.4 is 11.1 Å². The van der Waals surface area contributed by atoms with Gasteiger partial charge in [-0.1, -0.05) is 18.2 Å². The van der Waals surface area contributed by atoms with Gasteiger partial charge in [0.1, 0.15) is 0 Å². The van der Waals surface area contributed by atoms with Crippen LogP contribution in [0, 0.1) is 0 Å². The van der Waals surface area contributed by atoms with E-state index in [2.05, 4.69) is 28.9 Å².